The molecule has 1 aromatic carbocycles. The van der Waals surface area contributed by atoms with E-state index in [1.54, 1.807) is 4.90 Å². The molecule has 0 radical (unpaired) electrons. The van der Waals surface area contributed by atoms with Crippen molar-refractivity contribution in [2.24, 2.45) is 5.10 Å². The summed E-state index contributed by atoms with van der Waals surface area (Å²) in [5.41, 5.74) is 1.07. The zero-order valence-electron chi connectivity index (χ0n) is 14.1. The lowest BCUT2D eigenvalue weighted by molar-refractivity contribution is -0.133. The van der Waals surface area contributed by atoms with Gasteiger partial charge in [0.25, 0.3) is 5.91 Å². The SMILES string of the molecule is CCN(C(=O)C1=NN(C2CCS(=O)(=O)C2)C(=O)CC1)c1ccccc1. The first kappa shape index (κ1) is 17.6. The summed E-state index contributed by atoms with van der Waals surface area (Å²) < 4.78 is 23.4. The zero-order chi connectivity index (χ0) is 18.0. The fourth-order valence-electron chi connectivity index (χ4n) is 3.19. The number of hydrogen-bond donors (Lipinski definition) is 0. The monoisotopic (exact) mass is 363 g/mol. The Kier molecular flexibility index (Phi) is 4.89. The van der Waals surface area contributed by atoms with Crippen molar-refractivity contribution < 1.29 is 18.0 Å². The van der Waals surface area contributed by atoms with Crippen molar-refractivity contribution in [1.29, 1.82) is 0 Å². The maximum Gasteiger partial charge on any atom is 0.274 e. The zero-order valence-corrected chi connectivity index (χ0v) is 14.9. The summed E-state index contributed by atoms with van der Waals surface area (Å²) in [6.45, 7) is 2.36. The Morgan fingerprint density at radius 1 is 1.28 bits per heavy atom. The van der Waals surface area contributed by atoms with Gasteiger partial charge in [0, 0.05) is 25.1 Å². The summed E-state index contributed by atoms with van der Waals surface area (Å²) in [6.07, 6.45) is 0.819. The third kappa shape index (κ3) is 3.73. The van der Waals surface area contributed by atoms with Gasteiger partial charge in [-0.2, -0.15) is 5.10 Å². The first-order valence-corrected chi connectivity index (χ1v) is 10.2. The largest absolute Gasteiger partial charge is 0.308 e. The highest BCUT2D eigenvalue weighted by molar-refractivity contribution is 7.91. The molecule has 1 unspecified atom stereocenters. The molecule has 0 aromatic heterocycles. The van der Waals surface area contributed by atoms with Crippen molar-refractivity contribution in [1.82, 2.24) is 5.01 Å². The number of sulfone groups is 1. The second-order valence-corrected chi connectivity index (χ2v) is 8.46. The molecule has 1 fully saturated rings. The number of carbonyl (C=O) groups is 2. The van der Waals surface area contributed by atoms with E-state index in [-0.39, 0.29) is 36.2 Å². The third-order valence-electron chi connectivity index (χ3n) is 4.49. The molecule has 25 heavy (non-hydrogen) atoms. The molecule has 0 N–H and O–H groups in total. The van der Waals surface area contributed by atoms with E-state index in [1.165, 1.54) is 5.01 Å². The van der Waals surface area contributed by atoms with Crippen LogP contribution in [0.3, 0.4) is 0 Å². The van der Waals surface area contributed by atoms with Crippen LogP contribution in [0.2, 0.25) is 0 Å². The van der Waals surface area contributed by atoms with Crippen molar-refractivity contribution in [3.63, 3.8) is 0 Å². The van der Waals surface area contributed by atoms with Gasteiger partial charge in [0.05, 0.1) is 17.5 Å². The van der Waals surface area contributed by atoms with Gasteiger partial charge in [0.2, 0.25) is 5.91 Å². The van der Waals surface area contributed by atoms with Crippen LogP contribution in [-0.2, 0) is 19.4 Å². The smallest absolute Gasteiger partial charge is 0.274 e. The van der Waals surface area contributed by atoms with E-state index in [2.05, 4.69) is 5.10 Å². The molecule has 8 heteroatoms. The van der Waals surface area contributed by atoms with Crippen molar-refractivity contribution in [3.8, 4) is 0 Å². The molecule has 1 atom stereocenters. The van der Waals surface area contributed by atoms with Crippen LogP contribution in [0.1, 0.15) is 26.2 Å². The number of benzene rings is 1. The van der Waals surface area contributed by atoms with Crippen LogP contribution in [-0.4, -0.2) is 55.0 Å². The van der Waals surface area contributed by atoms with Crippen LogP contribution in [0.5, 0.6) is 0 Å². The Balaban J connectivity index is 1.84. The summed E-state index contributed by atoms with van der Waals surface area (Å²) >= 11 is 0. The average molecular weight is 363 g/mol. The molecule has 1 aromatic rings. The van der Waals surface area contributed by atoms with Gasteiger partial charge in [-0.05, 0) is 25.5 Å². The van der Waals surface area contributed by atoms with Gasteiger partial charge in [-0.3, -0.25) is 9.59 Å². The molecule has 1 saturated heterocycles. The Labute approximate surface area is 147 Å². The molecule has 2 heterocycles. The lowest BCUT2D eigenvalue weighted by Crippen LogP contribution is -2.45. The molecule has 3 rings (SSSR count). The second kappa shape index (κ2) is 6.95. The molecular formula is C17H21N3O4S. The van der Waals surface area contributed by atoms with E-state index >= 15 is 0 Å². The normalized spacial score (nSPS) is 22.6. The number of carbonyl (C=O) groups excluding carboxylic acids is 2. The van der Waals surface area contributed by atoms with E-state index in [1.807, 2.05) is 37.3 Å². The summed E-state index contributed by atoms with van der Waals surface area (Å²) in [7, 11) is -3.13. The van der Waals surface area contributed by atoms with Crippen molar-refractivity contribution in [2.45, 2.75) is 32.2 Å². The van der Waals surface area contributed by atoms with Gasteiger partial charge < -0.3 is 4.90 Å². The van der Waals surface area contributed by atoms with Crippen molar-refractivity contribution in [3.05, 3.63) is 30.3 Å². The van der Waals surface area contributed by atoms with E-state index in [0.29, 0.717) is 18.7 Å². The summed E-state index contributed by atoms with van der Waals surface area (Å²) in [5, 5.41) is 5.47. The minimum Gasteiger partial charge on any atom is -0.308 e. The molecule has 0 bridgehead atoms. The van der Waals surface area contributed by atoms with E-state index in [9.17, 15) is 18.0 Å². The van der Waals surface area contributed by atoms with Gasteiger partial charge in [-0.25, -0.2) is 13.4 Å². The first-order valence-electron chi connectivity index (χ1n) is 8.38. The highest BCUT2D eigenvalue weighted by Crippen LogP contribution is 2.23. The lowest BCUT2D eigenvalue weighted by atomic mass is 10.1. The number of rotatable bonds is 4. The van der Waals surface area contributed by atoms with Crippen LogP contribution < -0.4 is 4.90 Å². The number of nitrogens with zero attached hydrogens (tertiary/aromatic N) is 3. The molecule has 134 valence electrons. The Bertz CT molecular complexity index is 804. The Hall–Kier alpha value is -2.22. The molecule has 0 saturated carbocycles. The quantitative estimate of drug-likeness (QED) is 0.804. The molecule has 7 nitrogen and oxygen atoms in total. The second-order valence-electron chi connectivity index (χ2n) is 6.23. The molecule has 0 aliphatic carbocycles. The van der Waals surface area contributed by atoms with Gasteiger partial charge >= 0.3 is 0 Å². The maximum absolute atomic E-state index is 12.9. The Morgan fingerprint density at radius 2 is 2.00 bits per heavy atom. The van der Waals surface area contributed by atoms with E-state index in [0.717, 1.165) is 5.69 Å². The van der Waals surface area contributed by atoms with Gasteiger partial charge in [-0.15, -0.1) is 0 Å². The fraction of sp³-hybridized carbons (Fsp3) is 0.471. The maximum atomic E-state index is 12.9. The predicted octanol–water partition coefficient (Wildman–Crippen LogP) is 1.20. The summed E-state index contributed by atoms with van der Waals surface area (Å²) in [6, 6.07) is 8.81. The fourth-order valence-corrected chi connectivity index (χ4v) is 4.88. The number of amides is 2. The molecule has 2 aliphatic rings. The molecule has 2 amide bonds. The highest BCUT2D eigenvalue weighted by atomic mass is 32.2. The van der Waals surface area contributed by atoms with Crippen LogP contribution >= 0.6 is 0 Å². The molecular weight excluding hydrogens is 342 g/mol. The van der Waals surface area contributed by atoms with Gasteiger partial charge in [0.15, 0.2) is 9.84 Å². The minimum absolute atomic E-state index is 0.0609. The lowest BCUT2D eigenvalue weighted by Gasteiger charge is -2.29. The summed E-state index contributed by atoms with van der Waals surface area (Å²) in [4.78, 5) is 26.6. The number of hydrazone groups is 1. The van der Waals surface area contributed by atoms with Gasteiger partial charge in [-0.1, -0.05) is 18.2 Å². The third-order valence-corrected chi connectivity index (χ3v) is 6.24. The number of para-hydroxylation sites is 1. The van der Waals surface area contributed by atoms with Gasteiger partial charge in [0.1, 0.15) is 5.71 Å². The van der Waals surface area contributed by atoms with E-state index in [4.69, 9.17) is 0 Å². The standard InChI is InChI=1S/C17H21N3O4S/c1-2-19(13-6-4-3-5-7-13)17(22)15-8-9-16(21)20(18-15)14-10-11-25(23,24)12-14/h3-7,14H,2,8-12H2,1H3. The summed E-state index contributed by atoms with van der Waals surface area (Å²) in [5.74, 6) is -0.487. The first-order chi connectivity index (χ1) is 11.9. The number of hydrogen-bond acceptors (Lipinski definition) is 5. The highest BCUT2D eigenvalue weighted by Gasteiger charge is 2.37. The van der Waals surface area contributed by atoms with Crippen LogP contribution in [0.25, 0.3) is 0 Å². The van der Waals surface area contributed by atoms with Crippen LogP contribution in [0.4, 0.5) is 5.69 Å². The topological polar surface area (TPSA) is 87.1 Å². The van der Waals surface area contributed by atoms with Crippen LogP contribution in [0, 0.1) is 0 Å². The average Bonchev–Trinajstić information content (AvgIpc) is 2.96. The molecule has 0 spiro atoms. The van der Waals surface area contributed by atoms with Crippen molar-refractivity contribution >= 4 is 33.1 Å². The number of anilines is 1. The van der Waals surface area contributed by atoms with Crippen LogP contribution in [0.15, 0.2) is 35.4 Å². The van der Waals surface area contributed by atoms with E-state index < -0.39 is 15.9 Å². The minimum atomic E-state index is -3.13. The molecule has 2 aliphatic heterocycles. The Morgan fingerprint density at radius 3 is 2.60 bits per heavy atom. The van der Waals surface area contributed by atoms with Crippen molar-refractivity contribution in [2.75, 3.05) is 23.0 Å². The predicted molar refractivity (Wildman–Crippen MR) is 95.0 cm³/mol.